The van der Waals surface area contributed by atoms with E-state index in [1.807, 2.05) is 0 Å². The van der Waals surface area contributed by atoms with Crippen molar-refractivity contribution in [2.45, 2.75) is 97.4 Å². The Balaban J connectivity index is 0.0000102. The van der Waals surface area contributed by atoms with Gasteiger partial charge in [0.1, 0.15) is 11.7 Å². The second-order valence-electron chi connectivity index (χ2n) is 10.4. The topological polar surface area (TPSA) is 47.6 Å². The molecule has 1 aromatic rings. The van der Waals surface area contributed by atoms with E-state index in [0.29, 0.717) is 0 Å². The summed E-state index contributed by atoms with van der Waals surface area (Å²) >= 11 is 0. The van der Waals surface area contributed by atoms with Gasteiger partial charge in [0.2, 0.25) is 0 Å². The predicted octanol–water partition coefficient (Wildman–Crippen LogP) is 7.05. The summed E-state index contributed by atoms with van der Waals surface area (Å²) in [5.41, 5.74) is -1.48. The number of nitrogens with one attached hydrogen (secondary N) is 1. The summed E-state index contributed by atoms with van der Waals surface area (Å²) in [6.07, 6.45) is -5.84. The first-order chi connectivity index (χ1) is 14.2. The Bertz CT molecular complexity index is 878. The van der Waals surface area contributed by atoms with Gasteiger partial charge >= 0.3 is 12.3 Å². The maximum atomic E-state index is 13.7. The molecule has 1 N–H and O–H groups in total. The van der Waals surface area contributed by atoms with E-state index in [2.05, 4.69) is 51.0 Å². The number of ether oxygens (including phenoxy) is 1. The van der Waals surface area contributed by atoms with Crippen LogP contribution in [0.5, 0.6) is 0 Å². The number of benzene rings is 1. The largest absolute Gasteiger partial charge is 0.444 e. The van der Waals surface area contributed by atoms with E-state index in [-0.39, 0.29) is 53.9 Å². The molecule has 1 aromatic carbocycles. The average molecular weight is 512 g/mol. The smallest absolute Gasteiger partial charge is 0.417 e. The molecule has 0 radical (unpaired) electrons. The second kappa shape index (κ2) is 11.8. The minimum Gasteiger partial charge on any atom is -0.444 e. The Kier molecular flexibility index (Phi) is 11.5. The van der Waals surface area contributed by atoms with Crippen LogP contribution in [0.4, 0.5) is 18.0 Å². The van der Waals surface area contributed by atoms with Gasteiger partial charge in [-0.2, -0.15) is 13.2 Å². The van der Waals surface area contributed by atoms with Crippen molar-refractivity contribution in [1.29, 1.82) is 0 Å². The van der Waals surface area contributed by atoms with E-state index in [0.717, 1.165) is 6.07 Å². The molecule has 1 amide bonds. The molecular weight excluding hydrogens is 475 g/mol. The summed E-state index contributed by atoms with van der Waals surface area (Å²) in [5, 5.41) is 2.55. The van der Waals surface area contributed by atoms with Crippen molar-refractivity contribution >= 4 is 14.4 Å². The van der Waals surface area contributed by atoms with Crippen LogP contribution < -0.4 is 5.32 Å². The van der Waals surface area contributed by atoms with Crippen LogP contribution in [0.25, 0.3) is 0 Å². The molecule has 0 aliphatic heterocycles. The minimum absolute atomic E-state index is 0. The van der Waals surface area contributed by atoms with Crippen LogP contribution in [-0.2, 0) is 15.3 Å². The first-order valence-corrected chi connectivity index (χ1v) is 13.5. The summed E-state index contributed by atoms with van der Waals surface area (Å²) in [7, 11) is -2.13. The van der Waals surface area contributed by atoms with Crippen molar-refractivity contribution in [3.8, 4) is 11.8 Å². The average Bonchev–Trinajstić information content (AvgIpc) is 2.55. The van der Waals surface area contributed by atoms with E-state index in [4.69, 9.17) is 9.16 Å². The molecule has 0 fully saturated rings. The fourth-order valence-electron chi connectivity index (χ4n) is 2.69. The van der Waals surface area contributed by atoms with E-state index in [1.54, 1.807) is 34.6 Å². The summed E-state index contributed by atoms with van der Waals surface area (Å²) in [5.74, 6) is 5.54. The van der Waals surface area contributed by atoms with Gasteiger partial charge < -0.3 is 14.5 Å². The molecule has 4 nitrogen and oxygen atoms in total. The molecule has 9 heteroatoms. The molecule has 0 aromatic heterocycles. The van der Waals surface area contributed by atoms with Gasteiger partial charge in [-0.3, -0.25) is 0 Å². The van der Waals surface area contributed by atoms with Crippen LogP contribution in [0.1, 0.15) is 78.1 Å². The van der Waals surface area contributed by atoms with Crippen molar-refractivity contribution < 1.29 is 64.9 Å². The predicted molar refractivity (Wildman–Crippen MR) is 124 cm³/mol. The normalized spacial score (nSPS) is 14.3. The van der Waals surface area contributed by atoms with Crippen molar-refractivity contribution in [3.05, 3.63) is 34.9 Å². The number of halogens is 3. The van der Waals surface area contributed by atoms with Gasteiger partial charge in [0.25, 0.3) is 0 Å². The molecule has 188 valence electrons. The van der Waals surface area contributed by atoms with Gasteiger partial charge in [-0.25, -0.2) is 4.79 Å². The monoisotopic (exact) mass is 511 g/mol. The van der Waals surface area contributed by atoms with Gasteiger partial charge in [-0.05, 0) is 64.4 Å². The number of amides is 1. The van der Waals surface area contributed by atoms with E-state index in [1.165, 1.54) is 12.1 Å². The summed E-state index contributed by atoms with van der Waals surface area (Å²) < 4.78 is 52.6. The Labute approximate surface area is 227 Å². The van der Waals surface area contributed by atoms with Crippen molar-refractivity contribution in [1.82, 2.24) is 5.32 Å². The molecule has 0 saturated heterocycles. The molecule has 0 heterocycles. The number of hydrogen-bond acceptors (Lipinski definition) is 3. The molecule has 1 rings (SSSR count). The number of alkyl carbamates (subject to hydrolysis) is 1. The van der Waals surface area contributed by atoms with Crippen molar-refractivity contribution in [3.63, 3.8) is 0 Å². The molecule has 33 heavy (non-hydrogen) atoms. The Hall–Kier alpha value is -0.723. The Morgan fingerprint density at radius 1 is 1.06 bits per heavy atom. The molecule has 0 aliphatic carbocycles. The first kappa shape index (κ1) is 32.3. The summed E-state index contributed by atoms with van der Waals surface area (Å²) in [6, 6.07) is 3.09. The zero-order valence-corrected chi connectivity index (χ0v) is 22.8. The standard InChI is InChI=1S/C24H36F3NO3Si.Ar/c1-16(31-32(9,10)23(6,7)8)14-15-19-18(12-11-13-20(19)24(25,26)27)17(2)28-21(29)30-22(3,4)5;/h11-13,16-17H,1-10H3,(H,28,29);/t16-,17-;/m1./s1. The maximum absolute atomic E-state index is 13.7. The van der Waals surface area contributed by atoms with Crippen LogP contribution in [0, 0.1) is 49.6 Å². The van der Waals surface area contributed by atoms with Gasteiger partial charge in [-0.15, -0.1) is 0 Å². The quantitative estimate of drug-likeness (QED) is 0.348. The minimum atomic E-state index is -4.59. The summed E-state index contributed by atoms with van der Waals surface area (Å²) in [4.78, 5) is 12.1. The fraction of sp³-hybridized carbons (Fsp3) is 0.625. The molecule has 0 unspecified atom stereocenters. The summed E-state index contributed by atoms with van der Waals surface area (Å²) in [6.45, 7) is 18.8. The van der Waals surface area contributed by atoms with Gasteiger partial charge in [0.05, 0.1) is 11.6 Å². The van der Waals surface area contributed by atoms with E-state index in [9.17, 15) is 18.0 Å². The van der Waals surface area contributed by atoms with Crippen LogP contribution in [0.3, 0.4) is 0 Å². The number of carbonyl (C=O) groups is 1. The molecule has 0 saturated carbocycles. The maximum Gasteiger partial charge on any atom is 0.417 e. The number of hydrogen-bond donors (Lipinski definition) is 1. The van der Waals surface area contributed by atoms with E-state index < -0.39 is 43.9 Å². The number of alkyl halides is 3. The van der Waals surface area contributed by atoms with E-state index >= 15 is 0 Å². The van der Waals surface area contributed by atoms with Crippen LogP contribution >= 0.6 is 0 Å². The molecule has 0 spiro atoms. The zero-order valence-electron chi connectivity index (χ0n) is 21.1. The third-order valence-electron chi connectivity index (χ3n) is 5.28. The zero-order chi connectivity index (χ0) is 25.1. The van der Waals surface area contributed by atoms with Crippen molar-refractivity contribution in [2.75, 3.05) is 0 Å². The van der Waals surface area contributed by atoms with Crippen molar-refractivity contribution in [2.24, 2.45) is 0 Å². The van der Waals surface area contributed by atoms with Crippen LogP contribution in [-0.4, -0.2) is 26.1 Å². The molecule has 2 atom stereocenters. The van der Waals surface area contributed by atoms with Gasteiger partial charge in [0.15, 0.2) is 8.32 Å². The third-order valence-corrected chi connectivity index (χ3v) is 9.84. The molecule has 0 bridgehead atoms. The van der Waals surface area contributed by atoms with Crippen LogP contribution in [0.2, 0.25) is 18.1 Å². The van der Waals surface area contributed by atoms with Gasteiger partial charge in [0, 0.05) is 43.3 Å². The van der Waals surface area contributed by atoms with Crippen LogP contribution in [0.15, 0.2) is 18.2 Å². The molecule has 0 aliphatic rings. The fourth-order valence-corrected chi connectivity index (χ4v) is 3.99. The number of rotatable bonds is 4. The number of carbonyl (C=O) groups excluding carboxylic acids is 1. The Morgan fingerprint density at radius 2 is 1.61 bits per heavy atom. The Morgan fingerprint density at radius 3 is 2.06 bits per heavy atom. The third kappa shape index (κ3) is 10.2. The van der Waals surface area contributed by atoms with Gasteiger partial charge in [-0.1, -0.05) is 44.7 Å². The molecular formula is C24H36ArF3NO3Si. The SMILES string of the molecule is C[C@H](C#Cc1c([C@@H](C)NC(=O)OC(C)(C)C)cccc1C(F)(F)F)O[Si](C)(C)C(C)(C)C.[Ar]. The first-order valence-electron chi connectivity index (χ1n) is 10.6. The second-order valence-corrected chi connectivity index (χ2v) is 15.2.